The highest BCUT2D eigenvalue weighted by atomic mass is 32.1. The summed E-state index contributed by atoms with van der Waals surface area (Å²) in [6, 6.07) is 2.00. The van der Waals surface area contributed by atoms with Gasteiger partial charge < -0.3 is 9.84 Å². The summed E-state index contributed by atoms with van der Waals surface area (Å²) in [5.41, 5.74) is 0.937. The van der Waals surface area contributed by atoms with Crippen LogP contribution in [0.2, 0.25) is 0 Å². The van der Waals surface area contributed by atoms with Crippen molar-refractivity contribution in [2.24, 2.45) is 0 Å². The van der Waals surface area contributed by atoms with Crippen molar-refractivity contribution >= 4 is 23.4 Å². The van der Waals surface area contributed by atoms with Gasteiger partial charge in [0, 0.05) is 11.0 Å². The number of thiophene rings is 1. The molecular weight excluding hydrogens is 260 g/mol. The number of hydrogen-bond acceptors (Lipinski definition) is 3. The first-order valence-corrected chi connectivity index (χ1v) is 7.72. The van der Waals surface area contributed by atoms with Gasteiger partial charge in [0.15, 0.2) is 0 Å². The second-order valence-electron chi connectivity index (χ2n) is 4.94. The van der Waals surface area contributed by atoms with Crippen LogP contribution in [-0.2, 0) is 16.1 Å². The lowest BCUT2D eigenvalue weighted by Crippen LogP contribution is -2.10. The van der Waals surface area contributed by atoms with E-state index in [-0.39, 0.29) is 0 Å². The lowest BCUT2D eigenvalue weighted by Gasteiger charge is -2.14. The van der Waals surface area contributed by atoms with E-state index < -0.39 is 5.97 Å². The van der Waals surface area contributed by atoms with Crippen molar-refractivity contribution in [3.8, 4) is 0 Å². The highest BCUT2D eigenvalue weighted by molar-refractivity contribution is 7.10. The van der Waals surface area contributed by atoms with Crippen LogP contribution in [0.3, 0.4) is 0 Å². The Morgan fingerprint density at radius 1 is 1.37 bits per heavy atom. The summed E-state index contributed by atoms with van der Waals surface area (Å²) in [6.07, 6.45) is 10.8. The Morgan fingerprint density at radius 2 is 2.11 bits per heavy atom. The Labute approximate surface area is 117 Å². The van der Waals surface area contributed by atoms with Gasteiger partial charge in [-0.05, 0) is 35.9 Å². The minimum absolute atomic E-state index is 0.405. The molecule has 0 aliphatic heterocycles. The summed E-state index contributed by atoms with van der Waals surface area (Å²) >= 11 is 1.63. The van der Waals surface area contributed by atoms with Crippen LogP contribution >= 0.6 is 11.3 Å². The van der Waals surface area contributed by atoms with Crippen molar-refractivity contribution in [1.82, 2.24) is 0 Å². The highest BCUT2D eigenvalue weighted by Crippen LogP contribution is 2.23. The topological polar surface area (TPSA) is 46.5 Å². The van der Waals surface area contributed by atoms with Crippen LogP contribution in [0.5, 0.6) is 0 Å². The molecule has 0 bridgehead atoms. The smallest absolute Gasteiger partial charge is 0.328 e. The van der Waals surface area contributed by atoms with Crippen molar-refractivity contribution < 1.29 is 14.6 Å². The van der Waals surface area contributed by atoms with Crippen LogP contribution in [-0.4, -0.2) is 17.2 Å². The summed E-state index contributed by atoms with van der Waals surface area (Å²) in [6.45, 7) is 0.649. The summed E-state index contributed by atoms with van der Waals surface area (Å²) in [4.78, 5) is 11.6. The van der Waals surface area contributed by atoms with Gasteiger partial charge in [-0.3, -0.25) is 0 Å². The van der Waals surface area contributed by atoms with E-state index in [9.17, 15) is 4.79 Å². The molecule has 19 heavy (non-hydrogen) atoms. The first kappa shape index (κ1) is 14.3. The molecule has 2 rings (SSSR count). The molecule has 0 amide bonds. The molecule has 0 atom stereocenters. The number of rotatable bonds is 5. The van der Waals surface area contributed by atoms with E-state index in [1.807, 2.05) is 11.4 Å². The zero-order chi connectivity index (χ0) is 13.5. The maximum Gasteiger partial charge on any atom is 0.328 e. The van der Waals surface area contributed by atoms with Gasteiger partial charge in [0.05, 0.1) is 12.7 Å². The van der Waals surface area contributed by atoms with Gasteiger partial charge in [0.25, 0.3) is 0 Å². The minimum Gasteiger partial charge on any atom is -0.478 e. The van der Waals surface area contributed by atoms with E-state index >= 15 is 0 Å². The van der Waals surface area contributed by atoms with Crippen LogP contribution in [0.25, 0.3) is 6.08 Å². The molecule has 0 aromatic carbocycles. The molecule has 4 heteroatoms. The molecule has 1 aliphatic rings. The molecule has 0 radical (unpaired) electrons. The molecule has 1 aromatic rings. The highest BCUT2D eigenvalue weighted by Gasteiger charge is 2.12. The van der Waals surface area contributed by atoms with Crippen molar-refractivity contribution in [3.05, 3.63) is 28.0 Å². The molecule has 1 aliphatic carbocycles. The number of carbonyl (C=O) groups is 1. The molecule has 1 heterocycles. The zero-order valence-corrected chi connectivity index (χ0v) is 11.8. The SMILES string of the molecule is O=C(O)C=Cc1csc(COC2CCCCCC2)c1. The molecule has 1 fully saturated rings. The van der Waals surface area contributed by atoms with Crippen LogP contribution in [0.15, 0.2) is 17.5 Å². The molecule has 1 aromatic heterocycles. The average Bonchev–Trinajstić information content (AvgIpc) is 2.68. The monoisotopic (exact) mass is 280 g/mol. The van der Waals surface area contributed by atoms with Crippen molar-refractivity contribution in [3.63, 3.8) is 0 Å². The molecule has 1 saturated carbocycles. The Morgan fingerprint density at radius 3 is 2.79 bits per heavy atom. The van der Waals surface area contributed by atoms with E-state index in [1.54, 1.807) is 17.4 Å². The lowest BCUT2D eigenvalue weighted by molar-refractivity contribution is -0.131. The maximum absolute atomic E-state index is 10.4. The maximum atomic E-state index is 10.4. The van der Waals surface area contributed by atoms with Crippen LogP contribution in [0.4, 0.5) is 0 Å². The summed E-state index contributed by atoms with van der Waals surface area (Å²) in [7, 11) is 0. The van der Waals surface area contributed by atoms with Gasteiger partial charge in [0.2, 0.25) is 0 Å². The molecule has 1 N–H and O–H groups in total. The zero-order valence-electron chi connectivity index (χ0n) is 11.0. The molecule has 0 unspecified atom stereocenters. The summed E-state index contributed by atoms with van der Waals surface area (Å²) < 4.78 is 5.96. The Hall–Kier alpha value is -1.13. The van der Waals surface area contributed by atoms with E-state index in [2.05, 4.69) is 0 Å². The molecular formula is C15H20O3S. The van der Waals surface area contributed by atoms with Crippen LogP contribution in [0, 0.1) is 0 Å². The number of carboxylic acids is 1. The van der Waals surface area contributed by atoms with Gasteiger partial charge in [-0.25, -0.2) is 4.79 Å². The third-order valence-electron chi connectivity index (χ3n) is 3.36. The van der Waals surface area contributed by atoms with Gasteiger partial charge in [-0.15, -0.1) is 11.3 Å². The second-order valence-corrected chi connectivity index (χ2v) is 5.94. The standard InChI is InChI=1S/C15H20O3S/c16-15(17)8-7-12-9-14(19-11-12)10-18-13-5-3-1-2-4-6-13/h7-9,11,13H,1-6,10H2,(H,16,17). The van der Waals surface area contributed by atoms with E-state index in [1.165, 1.54) is 38.5 Å². The fraction of sp³-hybridized carbons (Fsp3) is 0.533. The van der Waals surface area contributed by atoms with Gasteiger partial charge in [-0.1, -0.05) is 25.7 Å². The van der Waals surface area contributed by atoms with Crippen molar-refractivity contribution in [2.75, 3.05) is 0 Å². The number of aliphatic carboxylic acids is 1. The number of hydrogen-bond donors (Lipinski definition) is 1. The third kappa shape index (κ3) is 5.17. The van der Waals surface area contributed by atoms with Crippen LogP contribution < -0.4 is 0 Å². The fourth-order valence-corrected chi connectivity index (χ4v) is 3.11. The second kappa shape index (κ2) is 7.46. The number of ether oxygens (including phenoxy) is 1. The van der Waals surface area contributed by atoms with E-state index in [0.717, 1.165) is 16.5 Å². The minimum atomic E-state index is -0.914. The Balaban J connectivity index is 1.80. The van der Waals surface area contributed by atoms with Crippen LogP contribution in [0.1, 0.15) is 49.0 Å². The van der Waals surface area contributed by atoms with Gasteiger partial charge in [-0.2, -0.15) is 0 Å². The summed E-state index contributed by atoms with van der Waals surface area (Å²) in [5.74, 6) is -0.914. The van der Waals surface area contributed by atoms with Crippen molar-refractivity contribution in [2.45, 2.75) is 51.2 Å². The number of carboxylic acid groups (broad SMARTS) is 1. The molecule has 104 valence electrons. The Bertz CT molecular complexity index is 428. The normalized spacial score (nSPS) is 17.7. The van der Waals surface area contributed by atoms with Gasteiger partial charge >= 0.3 is 5.97 Å². The lowest BCUT2D eigenvalue weighted by atomic mass is 10.1. The first-order chi connectivity index (χ1) is 9.24. The molecule has 0 spiro atoms. The summed E-state index contributed by atoms with van der Waals surface area (Å²) in [5, 5.41) is 10.5. The average molecular weight is 280 g/mol. The predicted octanol–water partition coefficient (Wildman–Crippen LogP) is 4.09. The Kier molecular flexibility index (Phi) is 5.61. The largest absolute Gasteiger partial charge is 0.478 e. The van der Waals surface area contributed by atoms with Crippen molar-refractivity contribution in [1.29, 1.82) is 0 Å². The molecule has 3 nitrogen and oxygen atoms in total. The predicted molar refractivity (Wildman–Crippen MR) is 77.3 cm³/mol. The third-order valence-corrected chi connectivity index (χ3v) is 4.28. The fourth-order valence-electron chi connectivity index (χ4n) is 2.34. The first-order valence-electron chi connectivity index (χ1n) is 6.84. The van der Waals surface area contributed by atoms with Gasteiger partial charge in [0.1, 0.15) is 0 Å². The van der Waals surface area contributed by atoms with E-state index in [4.69, 9.17) is 9.84 Å². The van der Waals surface area contributed by atoms with E-state index in [0.29, 0.717) is 12.7 Å². The quantitative estimate of drug-likeness (QED) is 0.653. The molecule has 0 saturated heterocycles.